The van der Waals surface area contributed by atoms with E-state index < -0.39 is 0 Å². The average Bonchev–Trinajstić information content (AvgIpc) is 3.00. The van der Waals surface area contributed by atoms with Gasteiger partial charge in [-0.05, 0) is 29.4 Å². The second-order valence-corrected chi connectivity index (χ2v) is 9.39. The maximum absolute atomic E-state index is 12.1. The van der Waals surface area contributed by atoms with Crippen LogP contribution in [0.25, 0.3) is 0 Å². The van der Waals surface area contributed by atoms with Crippen LogP contribution in [0.4, 0.5) is 5.13 Å². The Hall–Kier alpha value is -1.40. The molecule has 0 aliphatic carbocycles. The SMILES string of the molecule is CCCCSc1nnc(NC(=O)CCc2ccc(C(C)(C)C)cc2)s1. The Labute approximate surface area is 158 Å². The Morgan fingerprint density at radius 3 is 2.56 bits per heavy atom. The first-order chi connectivity index (χ1) is 11.9. The third kappa shape index (κ3) is 6.78. The number of nitrogens with zero attached hydrogens (tertiary/aromatic N) is 2. The first kappa shape index (κ1) is 19.9. The van der Waals surface area contributed by atoms with Crippen molar-refractivity contribution < 1.29 is 4.79 Å². The van der Waals surface area contributed by atoms with Gasteiger partial charge in [0, 0.05) is 12.2 Å². The molecule has 0 aliphatic rings. The van der Waals surface area contributed by atoms with Gasteiger partial charge in [-0.1, -0.05) is 81.5 Å². The zero-order chi connectivity index (χ0) is 18.3. The maximum Gasteiger partial charge on any atom is 0.226 e. The summed E-state index contributed by atoms with van der Waals surface area (Å²) in [5, 5.41) is 11.6. The molecule has 1 amide bonds. The summed E-state index contributed by atoms with van der Waals surface area (Å²) >= 11 is 3.15. The number of carbonyl (C=O) groups excluding carboxylic acids is 1. The van der Waals surface area contributed by atoms with Crippen LogP contribution < -0.4 is 5.32 Å². The predicted octanol–water partition coefficient (Wildman–Crippen LogP) is 5.30. The molecule has 25 heavy (non-hydrogen) atoms. The van der Waals surface area contributed by atoms with Gasteiger partial charge < -0.3 is 5.32 Å². The number of amides is 1. The van der Waals surface area contributed by atoms with Crippen molar-refractivity contribution in [2.24, 2.45) is 0 Å². The Morgan fingerprint density at radius 1 is 1.20 bits per heavy atom. The second kappa shape index (κ2) is 9.34. The molecule has 2 aromatic rings. The van der Waals surface area contributed by atoms with Crippen molar-refractivity contribution in [3.05, 3.63) is 35.4 Å². The molecule has 136 valence electrons. The molecular formula is C19H27N3OS2. The minimum atomic E-state index is -0.0128. The van der Waals surface area contributed by atoms with Crippen LogP contribution in [-0.2, 0) is 16.6 Å². The molecule has 1 aromatic carbocycles. The fourth-order valence-electron chi connectivity index (χ4n) is 2.23. The summed E-state index contributed by atoms with van der Waals surface area (Å²) in [5.41, 5.74) is 2.64. The van der Waals surface area contributed by atoms with Crippen LogP contribution in [0.2, 0.25) is 0 Å². The highest BCUT2D eigenvalue weighted by Crippen LogP contribution is 2.26. The summed E-state index contributed by atoms with van der Waals surface area (Å²) in [6, 6.07) is 8.53. The van der Waals surface area contributed by atoms with Crippen molar-refractivity contribution in [3.63, 3.8) is 0 Å². The highest BCUT2D eigenvalue weighted by atomic mass is 32.2. The summed E-state index contributed by atoms with van der Waals surface area (Å²) < 4.78 is 0.918. The van der Waals surface area contributed by atoms with Crippen molar-refractivity contribution in [3.8, 4) is 0 Å². The van der Waals surface area contributed by atoms with E-state index in [0.717, 1.165) is 16.5 Å². The number of aromatic nitrogens is 2. The molecule has 0 atom stereocenters. The molecule has 1 N–H and O–H groups in total. The molecule has 2 rings (SSSR count). The van der Waals surface area contributed by atoms with E-state index in [1.807, 2.05) is 0 Å². The quantitative estimate of drug-likeness (QED) is 0.385. The lowest BCUT2D eigenvalue weighted by atomic mass is 9.86. The van der Waals surface area contributed by atoms with E-state index >= 15 is 0 Å². The molecule has 0 spiro atoms. The van der Waals surface area contributed by atoms with Gasteiger partial charge in [-0.15, -0.1) is 10.2 Å². The molecule has 0 radical (unpaired) electrons. The first-order valence-electron chi connectivity index (χ1n) is 8.74. The van der Waals surface area contributed by atoms with Gasteiger partial charge in [0.05, 0.1) is 0 Å². The monoisotopic (exact) mass is 377 g/mol. The molecule has 0 bridgehead atoms. The molecule has 0 fully saturated rings. The number of unbranched alkanes of at least 4 members (excludes halogenated alkanes) is 1. The minimum absolute atomic E-state index is 0.0128. The molecule has 0 saturated heterocycles. The van der Waals surface area contributed by atoms with E-state index in [4.69, 9.17) is 0 Å². The zero-order valence-electron chi connectivity index (χ0n) is 15.5. The van der Waals surface area contributed by atoms with Gasteiger partial charge >= 0.3 is 0 Å². The standard InChI is InChI=1S/C19H27N3OS2/c1-5-6-13-24-18-22-21-17(25-18)20-16(23)12-9-14-7-10-15(11-8-14)19(2,3)4/h7-8,10-11H,5-6,9,12-13H2,1-4H3,(H,20,21,23). The minimum Gasteiger partial charge on any atom is -0.300 e. The molecule has 4 nitrogen and oxygen atoms in total. The second-order valence-electron chi connectivity index (χ2n) is 7.07. The zero-order valence-corrected chi connectivity index (χ0v) is 17.1. The Bertz CT molecular complexity index is 675. The van der Waals surface area contributed by atoms with Crippen molar-refractivity contribution in [1.29, 1.82) is 0 Å². The first-order valence-corrected chi connectivity index (χ1v) is 10.5. The van der Waals surface area contributed by atoms with Gasteiger partial charge in [-0.2, -0.15) is 0 Å². The predicted molar refractivity (Wildman–Crippen MR) is 108 cm³/mol. The van der Waals surface area contributed by atoms with E-state index in [-0.39, 0.29) is 11.3 Å². The fourth-order valence-corrected chi connectivity index (χ4v) is 4.16. The lowest BCUT2D eigenvalue weighted by molar-refractivity contribution is -0.116. The van der Waals surface area contributed by atoms with Crippen LogP contribution >= 0.6 is 23.1 Å². The van der Waals surface area contributed by atoms with Crippen LogP contribution in [0.5, 0.6) is 0 Å². The topological polar surface area (TPSA) is 54.9 Å². The smallest absolute Gasteiger partial charge is 0.226 e. The molecule has 0 saturated carbocycles. The fraction of sp³-hybridized carbons (Fsp3) is 0.526. The van der Waals surface area contributed by atoms with Gasteiger partial charge in [0.15, 0.2) is 4.34 Å². The third-order valence-electron chi connectivity index (χ3n) is 3.84. The van der Waals surface area contributed by atoms with Crippen molar-refractivity contribution in [2.75, 3.05) is 11.1 Å². The summed E-state index contributed by atoms with van der Waals surface area (Å²) in [7, 11) is 0. The summed E-state index contributed by atoms with van der Waals surface area (Å²) in [6.45, 7) is 8.77. The number of hydrogen-bond donors (Lipinski definition) is 1. The largest absolute Gasteiger partial charge is 0.300 e. The highest BCUT2D eigenvalue weighted by molar-refractivity contribution is 8.01. The van der Waals surface area contributed by atoms with Crippen LogP contribution in [0.15, 0.2) is 28.6 Å². The van der Waals surface area contributed by atoms with E-state index in [1.54, 1.807) is 11.8 Å². The van der Waals surface area contributed by atoms with Crippen molar-refractivity contribution in [2.45, 2.75) is 63.1 Å². The molecule has 0 unspecified atom stereocenters. The summed E-state index contributed by atoms with van der Waals surface area (Å²) in [6.07, 6.45) is 3.52. The third-order valence-corrected chi connectivity index (χ3v) is 5.90. The van der Waals surface area contributed by atoms with Gasteiger partial charge in [0.25, 0.3) is 0 Å². The number of carbonyl (C=O) groups is 1. The van der Waals surface area contributed by atoms with Crippen LogP contribution in [0.3, 0.4) is 0 Å². The lowest BCUT2D eigenvalue weighted by Gasteiger charge is -2.19. The molecule has 1 heterocycles. The number of thioether (sulfide) groups is 1. The van der Waals surface area contributed by atoms with E-state index in [9.17, 15) is 4.79 Å². The number of nitrogens with one attached hydrogen (secondary N) is 1. The van der Waals surface area contributed by atoms with E-state index in [1.165, 1.54) is 35.3 Å². The number of anilines is 1. The number of hydrogen-bond acceptors (Lipinski definition) is 5. The summed E-state index contributed by atoms with van der Waals surface area (Å²) in [5.74, 6) is 1.03. The Kier molecular flexibility index (Phi) is 7.44. The number of benzene rings is 1. The van der Waals surface area contributed by atoms with Crippen LogP contribution in [-0.4, -0.2) is 21.9 Å². The Morgan fingerprint density at radius 2 is 1.92 bits per heavy atom. The van der Waals surface area contributed by atoms with Crippen molar-refractivity contribution >= 4 is 34.1 Å². The summed E-state index contributed by atoms with van der Waals surface area (Å²) in [4.78, 5) is 12.1. The normalized spacial score (nSPS) is 11.5. The number of aryl methyl sites for hydroxylation is 1. The van der Waals surface area contributed by atoms with Gasteiger partial charge in [0.1, 0.15) is 0 Å². The molecular weight excluding hydrogens is 350 g/mol. The molecule has 6 heteroatoms. The molecule has 1 aromatic heterocycles. The maximum atomic E-state index is 12.1. The van der Waals surface area contributed by atoms with Gasteiger partial charge in [-0.3, -0.25) is 4.79 Å². The van der Waals surface area contributed by atoms with Crippen LogP contribution in [0.1, 0.15) is 58.1 Å². The van der Waals surface area contributed by atoms with Gasteiger partial charge in [0.2, 0.25) is 11.0 Å². The lowest BCUT2D eigenvalue weighted by Crippen LogP contribution is -2.13. The van der Waals surface area contributed by atoms with E-state index in [2.05, 4.69) is 67.5 Å². The Balaban J connectivity index is 1.79. The van der Waals surface area contributed by atoms with Crippen LogP contribution in [0, 0.1) is 0 Å². The van der Waals surface area contributed by atoms with E-state index in [0.29, 0.717) is 11.6 Å². The molecule has 0 aliphatic heterocycles. The van der Waals surface area contributed by atoms with Crippen molar-refractivity contribution in [1.82, 2.24) is 10.2 Å². The average molecular weight is 378 g/mol. The highest BCUT2D eigenvalue weighted by Gasteiger charge is 2.13. The number of rotatable bonds is 8. The van der Waals surface area contributed by atoms with Gasteiger partial charge in [-0.25, -0.2) is 0 Å².